The van der Waals surface area contributed by atoms with E-state index in [2.05, 4.69) is 10.6 Å². The van der Waals surface area contributed by atoms with Gasteiger partial charge in [-0.1, -0.05) is 24.3 Å². The van der Waals surface area contributed by atoms with Crippen LogP contribution in [-0.2, 0) is 14.3 Å². The summed E-state index contributed by atoms with van der Waals surface area (Å²) in [5.74, 6) is -0.361. The molecule has 0 bridgehead atoms. The highest BCUT2D eigenvalue weighted by atomic mass is 16.6. The summed E-state index contributed by atoms with van der Waals surface area (Å²) in [7, 11) is 0. The van der Waals surface area contributed by atoms with Crippen LogP contribution in [0.4, 0.5) is 0 Å². The fraction of sp³-hybridized carbons (Fsp3) is 0.400. The third-order valence-corrected chi connectivity index (χ3v) is 5.56. The predicted octanol–water partition coefficient (Wildman–Crippen LogP) is 0.862. The highest BCUT2D eigenvalue weighted by Crippen LogP contribution is 2.21. The number of rotatable bonds is 3. The zero-order chi connectivity index (χ0) is 24.5. The van der Waals surface area contributed by atoms with Crippen LogP contribution in [0.1, 0.15) is 20.7 Å². The molecule has 0 unspecified atom stereocenters. The quantitative estimate of drug-likeness (QED) is 0.618. The lowest BCUT2D eigenvalue weighted by atomic mass is 10.2. The van der Waals surface area contributed by atoms with E-state index >= 15 is 0 Å². The molecule has 2 amide bonds. The van der Waals surface area contributed by atoms with Gasteiger partial charge in [0.05, 0.1) is 30.9 Å². The Morgan fingerprint density at radius 3 is 1.91 bits per heavy atom. The Kier molecular flexibility index (Phi) is 8.53. The minimum absolute atomic E-state index is 0.0342. The monoisotopic (exact) mass is 483 g/mol. The van der Waals surface area contributed by atoms with Crippen LogP contribution in [0.3, 0.4) is 0 Å². The SMILES string of the molecule is O=C(CN1CCOCC1)OC1COc2ccccc2C(=O)NCCNC(=O)c2ccccc2OC1. The number of amides is 2. The summed E-state index contributed by atoms with van der Waals surface area (Å²) in [5.41, 5.74) is 0.688. The van der Waals surface area contributed by atoms with Gasteiger partial charge in [-0.05, 0) is 24.3 Å². The van der Waals surface area contributed by atoms with Crippen LogP contribution >= 0.6 is 0 Å². The molecule has 0 atom stereocenters. The molecule has 2 aliphatic heterocycles. The maximum Gasteiger partial charge on any atom is 0.320 e. The van der Waals surface area contributed by atoms with E-state index in [1.807, 2.05) is 4.90 Å². The maximum atomic E-state index is 12.7. The van der Waals surface area contributed by atoms with Crippen molar-refractivity contribution < 1.29 is 33.3 Å². The van der Waals surface area contributed by atoms with Gasteiger partial charge in [0.2, 0.25) is 0 Å². The fourth-order valence-electron chi connectivity index (χ4n) is 3.75. The summed E-state index contributed by atoms with van der Waals surface area (Å²) in [6.07, 6.45) is -0.777. The topological polar surface area (TPSA) is 115 Å². The average molecular weight is 484 g/mol. The number of esters is 1. The first kappa shape index (κ1) is 24.5. The number of nitrogens with one attached hydrogen (secondary N) is 2. The Hall–Kier alpha value is -3.63. The first-order chi connectivity index (χ1) is 17.1. The second-order valence-electron chi connectivity index (χ2n) is 8.13. The van der Waals surface area contributed by atoms with Crippen molar-refractivity contribution >= 4 is 17.8 Å². The van der Waals surface area contributed by atoms with Crippen molar-refractivity contribution in [2.45, 2.75) is 6.10 Å². The summed E-state index contributed by atoms with van der Waals surface area (Å²) in [4.78, 5) is 40.0. The summed E-state index contributed by atoms with van der Waals surface area (Å²) in [6.45, 7) is 2.98. The van der Waals surface area contributed by atoms with E-state index in [0.717, 1.165) is 0 Å². The predicted molar refractivity (Wildman–Crippen MR) is 126 cm³/mol. The van der Waals surface area contributed by atoms with E-state index < -0.39 is 12.1 Å². The van der Waals surface area contributed by atoms with Crippen molar-refractivity contribution in [2.75, 3.05) is 59.2 Å². The van der Waals surface area contributed by atoms with Gasteiger partial charge < -0.3 is 29.6 Å². The summed E-state index contributed by atoms with van der Waals surface area (Å²) in [6, 6.07) is 13.6. The van der Waals surface area contributed by atoms with Crippen molar-refractivity contribution in [3.8, 4) is 11.5 Å². The van der Waals surface area contributed by atoms with E-state index in [1.54, 1.807) is 48.5 Å². The minimum Gasteiger partial charge on any atom is -0.489 e. The molecule has 10 heteroatoms. The van der Waals surface area contributed by atoms with Crippen molar-refractivity contribution in [2.24, 2.45) is 0 Å². The molecule has 0 aliphatic carbocycles. The number of morpholine rings is 1. The molecular formula is C25H29N3O7. The van der Waals surface area contributed by atoms with E-state index in [-0.39, 0.29) is 44.7 Å². The number of ether oxygens (including phenoxy) is 4. The summed E-state index contributed by atoms with van der Waals surface area (Å²) in [5, 5.41) is 5.55. The lowest BCUT2D eigenvalue weighted by Gasteiger charge is -2.26. The highest BCUT2D eigenvalue weighted by molar-refractivity contribution is 5.98. The summed E-state index contributed by atoms with van der Waals surface area (Å²) < 4.78 is 22.8. The molecule has 35 heavy (non-hydrogen) atoms. The van der Waals surface area contributed by atoms with E-state index in [9.17, 15) is 14.4 Å². The molecular weight excluding hydrogens is 454 g/mol. The Labute approximate surface area is 203 Å². The third kappa shape index (κ3) is 6.93. The third-order valence-electron chi connectivity index (χ3n) is 5.56. The second kappa shape index (κ2) is 12.2. The molecule has 0 saturated carbocycles. The molecule has 2 N–H and O–H groups in total. The molecule has 1 fully saturated rings. The van der Waals surface area contributed by atoms with Crippen LogP contribution in [0.15, 0.2) is 48.5 Å². The largest absolute Gasteiger partial charge is 0.489 e. The maximum absolute atomic E-state index is 12.7. The van der Waals surface area contributed by atoms with E-state index in [4.69, 9.17) is 18.9 Å². The zero-order valence-corrected chi connectivity index (χ0v) is 19.4. The van der Waals surface area contributed by atoms with E-state index in [1.165, 1.54) is 0 Å². The van der Waals surface area contributed by atoms with Crippen molar-refractivity contribution in [1.82, 2.24) is 15.5 Å². The summed E-state index contributed by atoms with van der Waals surface area (Å²) >= 11 is 0. The normalized spacial score (nSPS) is 18.3. The fourth-order valence-corrected chi connectivity index (χ4v) is 3.75. The standard InChI is InChI=1S/C25H29N3O7/c29-23(15-28-11-13-32-14-12-28)35-18-16-33-21-7-3-1-5-19(21)24(30)26-9-10-27-25(31)20-6-2-4-8-22(20)34-17-18/h1-8,18H,9-17H2,(H,26,30)(H,27,31). The van der Waals surface area contributed by atoms with Gasteiger partial charge in [-0.2, -0.15) is 0 Å². The second-order valence-corrected chi connectivity index (χ2v) is 8.13. The minimum atomic E-state index is -0.777. The van der Waals surface area contributed by atoms with Gasteiger partial charge in [0.1, 0.15) is 24.7 Å². The molecule has 10 nitrogen and oxygen atoms in total. The van der Waals surface area contributed by atoms with Crippen LogP contribution in [0.2, 0.25) is 0 Å². The number of hydrogen-bond acceptors (Lipinski definition) is 8. The molecule has 4 rings (SSSR count). The smallest absolute Gasteiger partial charge is 0.320 e. The van der Waals surface area contributed by atoms with Gasteiger partial charge in [-0.25, -0.2) is 0 Å². The highest BCUT2D eigenvalue weighted by Gasteiger charge is 2.23. The zero-order valence-electron chi connectivity index (χ0n) is 19.4. The number of carbonyl (C=O) groups is 3. The van der Waals surface area contributed by atoms with Crippen LogP contribution < -0.4 is 20.1 Å². The average Bonchev–Trinajstić information content (AvgIpc) is 2.88. The molecule has 186 valence electrons. The number of para-hydroxylation sites is 2. The van der Waals surface area contributed by atoms with Crippen molar-refractivity contribution in [3.63, 3.8) is 0 Å². The number of nitrogens with zero attached hydrogens (tertiary/aromatic N) is 1. The van der Waals surface area contributed by atoms with Gasteiger partial charge >= 0.3 is 5.97 Å². The molecule has 0 aromatic heterocycles. The Morgan fingerprint density at radius 2 is 1.37 bits per heavy atom. The molecule has 2 aromatic rings. The number of fused-ring (bicyclic) bond motifs is 2. The number of hydrogen-bond donors (Lipinski definition) is 2. The molecule has 2 aromatic carbocycles. The Balaban J connectivity index is 1.52. The lowest BCUT2D eigenvalue weighted by Crippen LogP contribution is -2.42. The van der Waals surface area contributed by atoms with E-state index in [0.29, 0.717) is 48.9 Å². The Morgan fingerprint density at radius 1 is 0.857 bits per heavy atom. The first-order valence-corrected chi connectivity index (χ1v) is 11.6. The number of benzene rings is 2. The number of carbonyl (C=O) groups excluding carboxylic acids is 3. The van der Waals surface area contributed by atoms with Gasteiger partial charge in [0.25, 0.3) is 11.8 Å². The van der Waals surface area contributed by atoms with Crippen LogP contribution in [0.25, 0.3) is 0 Å². The Bertz CT molecular complexity index is 974. The first-order valence-electron chi connectivity index (χ1n) is 11.6. The van der Waals surface area contributed by atoms with Crippen LogP contribution in [0.5, 0.6) is 11.5 Å². The van der Waals surface area contributed by atoms with Gasteiger partial charge in [-0.3, -0.25) is 19.3 Å². The van der Waals surface area contributed by atoms with Crippen molar-refractivity contribution in [1.29, 1.82) is 0 Å². The molecule has 1 saturated heterocycles. The molecule has 0 radical (unpaired) electrons. The van der Waals surface area contributed by atoms with Crippen molar-refractivity contribution in [3.05, 3.63) is 59.7 Å². The van der Waals surface area contributed by atoms with Gasteiger partial charge in [0.15, 0.2) is 6.10 Å². The van der Waals surface area contributed by atoms with Gasteiger partial charge in [0, 0.05) is 26.2 Å². The van der Waals surface area contributed by atoms with Crippen LogP contribution in [-0.4, -0.2) is 87.9 Å². The lowest BCUT2D eigenvalue weighted by molar-refractivity contribution is -0.154. The van der Waals surface area contributed by atoms with Gasteiger partial charge in [-0.15, -0.1) is 0 Å². The molecule has 2 aliphatic rings. The molecule has 2 heterocycles. The molecule has 0 spiro atoms. The van der Waals surface area contributed by atoms with Crippen LogP contribution in [0, 0.1) is 0 Å².